The lowest BCUT2D eigenvalue weighted by Gasteiger charge is -2.18. The molecule has 0 aromatic rings. The van der Waals surface area contributed by atoms with Gasteiger partial charge in [-0.15, -0.1) is 0 Å². The van der Waals surface area contributed by atoms with Crippen molar-refractivity contribution in [2.75, 3.05) is 72.1 Å². The van der Waals surface area contributed by atoms with Crippen LogP contribution in [0.15, 0.2) is 0 Å². The number of ether oxygens (including phenoxy) is 3. The fraction of sp³-hybridized carbons (Fsp3) is 0.833. The first-order valence-corrected chi connectivity index (χ1v) is 9.76. The van der Waals surface area contributed by atoms with Crippen LogP contribution in [0.1, 0.15) is 19.3 Å². The van der Waals surface area contributed by atoms with Gasteiger partial charge in [0.1, 0.15) is 13.2 Å². The van der Waals surface area contributed by atoms with E-state index in [9.17, 15) is 14.4 Å². The molecule has 3 saturated heterocycles. The Kier molecular flexibility index (Phi) is 7.42. The van der Waals surface area contributed by atoms with E-state index >= 15 is 0 Å². The third-order valence-electron chi connectivity index (χ3n) is 4.67. The molecule has 9 nitrogen and oxygen atoms in total. The number of rotatable bonds is 14. The zero-order valence-electron chi connectivity index (χ0n) is 15.8. The van der Waals surface area contributed by atoms with Crippen LogP contribution in [0.25, 0.3) is 0 Å². The predicted molar refractivity (Wildman–Crippen MR) is 95.0 cm³/mol. The van der Waals surface area contributed by atoms with E-state index in [4.69, 9.17) is 14.2 Å². The zero-order chi connectivity index (χ0) is 19.1. The Morgan fingerprint density at radius 1 is 0.630 bits per heavy atom. The van der Waals surface area contributed by atoms with Crippen molar-refractivity contribution in [3.63, 3.8) is 0 Å². The summed E-state index contributed by atoms with van der Waals surface area (Å²) in [6.45, 7) is 7.99. The molecule has 0 aromatic carbocycles. The maximum Gasteiger partial charge on any atom is 0.307 e. The highest BCUT2D eigenvalue weighted by Gasteiger charge is 2.24. The summed E-state index contributed by atoms with van der Waals surface area (Å²) in [5.41, 5.74) is 0. The number of hydrogen-bond acceptors (Lipinski definition) is 9. The van der Waals surface area contributed by atoms with Crippen molar-refractivity contribution >= 4 is 17.9 Å². The Morgan fingerprint density at radius 3 is 1.37 bits per heavy atom. The Hall–Kier alpha value is -1.71. The molecule has 0 spiro atoms. The van der Waals surface area contributed by atoms with Crippen LogP contribution < -0.4 is 0 Å². The first-order valence-electron chi connectivity index (χ1n) is 9.76. The van der Waals surface area contributed by atoms with Crippen LogP contribution >= 0.6 is 0 Å². The highest BCUT2D eigenvalue weighted by molar-refractivity contribution is 5.71. The molecule has 3 aliphatic heterocycles. The molecule has 152 valence electrons. The lowest BCUT2D eigenvalue weighted by Crippen LogP contribution is -2.31. The molecule has 0 aromatic heterocycles. The Labute approximate surface area is 159 Å². The Bertz CT molecular complexity index is 499. The summed E-state index contributed by atoms with van der Waals surface area (Å²) in [6, 6.07) is 0. The van der Waals surface area contributed by atoms with Crippen molar-refractivity contribution in [2.45, 2.75) is 25.4 Å². The molecular formula is C18H29N3O6. The quantitative estimate of drug-likeness (QED) is 0.215. The van der Waals surface area contributed by atoms with Crippen LogP contribution in [0.4, 0.5) is 0 Å². The second-order valence-corrected chi connectivity index (χ2v) is 7.25. The Morgan fingerprint density at radius 2 is 1.00 bits per heavy atom. The minimum Gasteiger partial charge on any atom is -0.462 e. The van der Waals surface area contributed by atoms with Gasteiger partial charge in [0, 0.05) is 58.9 Å². The van der Waals surface area contributed by atoms with Gasteiger partial charge in [-0.2, -0.15) is 0 Å². The molecule has 0 radical (unpaired) electrons. The van der Waals surface area contributed by atoms with Gasteiger partial charge in [0.05, 0.1) is 19.3 Å². The number of carbonyl (C=O) groups excluding carboxylic acids is 3. The topological polar surface area (TPSA) is 87.9 Å². The lowest BCUT2D eigenvalue weighted by molar-refractivity contribution is -0.166. The second-order valence-electron chi connectivity index (χ2n) is 7.25. The molecule has 9 heteroatoms. The maximum absolute atomic E-state index is 12.0. The Balaban J connectivity index is 1.35. The van der Waals surface area contributed by atoms with Crippen LogP contribution in [0.2, 0.25) is 0 Å². The summed E-state index contributed by atoms with van der Waals surface area (Å²) in [4.78, 5) is 42.0. The monoisotopic (exact) mass is 383 g/mol. The lowest BCUT2D eigenvalue weighted by atomic mass is 10.3. The minimum atomic E-state index is -0.762. The third kappa shape index (κ3) is 9.16. The first-order chi connectivity index (χ1) is 13.1. The van der Waals surface area contributed by atoms with Crippen LogP contribution in [-0.2, 0) is 28.6 Å². The number of carbonyl (C=O) groups is 3. The van der Waals surface area contributed by atoms with Crippen molar-refractivity contribution in [3.8, 4) is 0 Å². The molecule has 0 atom stereocenters. The van der Waals surface area contributed by atoms with Gasteiger partial charge < -0.3 is 28.9 Å². The van der Waals surface area contributed by atoms with Gasteiger partial charge >= 0.3 is 17.9 Å². The van der Waals surface area contributed by atoms with E-state index in [0.29, 0.717) is 32.5 Å². The first kappa shape index (κ1) is 20.0. The van der Waals surface area contributed by atoms with E-state index in [2.05, 4.69) is 14.7 Å². The van der Waals surface area contributed by atoms with Gasteiger partial charge in [-0.25, -0.2) is 0 Å². The fourth-order valence-electron chi connectivity index (χ4n) is 2.51. The minimum absolute atomic E-state index is 0.0896. The molecule has 3 rings (SSSR count). The summed E-state index contributed by atoms with van der Waals surface area (Å²) in [5, 5.41) is 0. The van der Waals surface area contributed by atoms with Gasteiger partial charge in [0.15, 0.2) is 6.10 Å². The van der Waals surface area contributed by atoms with Gasteiger partial charge in [0.25, 0.3) is 0 Å². The molecule has 0 bridgehead atoms. The van der Waals surface area contributed by atoms with E-state index in [1.165, 1.54) is 0 Å². The van der Waals surface area contributed by atoms with Crippen molar-refractivity contribution in [1.82, 2.24) is 14.7 Å². The third-order valence-corrected chi connectivity index (χ3v) is 4.67. The van der Waals surface area contributed by atoms with Crippen molar-refractivity contribution in [3.05, 3.63) is 0 Å². The van der Waals surface area contributed by atoms with Crippen LogP contribution in [0, 0.1) is 0 Å². The molecule has 27 heavy (non-hydrogen) atoms. The predicted octanol–water partition coefficient (Wildman–Crippen LogP) is -0.898. The molecule has 0 amide bonds. The van der Waals surface area contributed by atoms with Gasteiger partial charge in [0.2, 0.25) is 0 Å². The van der Waals surface area contributed by atoms with E-state index in [1.807, 2.05) is 0 Å². The molecule has 0 N–H and O–H groups in total. The summed E-state index contributed by atoms with van der Waals surface area (Å²) >= 11 is 0. The van der Waals surface area contributed by atoms with Gasteiger partial charge in [-0.1, -0.05) is 0 Å². The molecule has 0 aliphatic carbocycles. The van der Waals surface area contributed by atoms with Crippen LogP contribution in [-0.4, -0.2) is 111 Å². The molecule has 3 aliphatic rings. The van der Waals surface area contributed by atoms with E-state index in [1.54, 1.807) is 0 Å². The van der Waals surface area contributed by atoms with Crippen molar-refractivity contribution in [2.24, 2.45) is 0 Å². The number of esters is 3. The normalized spacial score (nSPS) is 19.0. The van der Waals surface area contributed by atoms with Crippen molar-refractivity contribution < 1.29 is 28.6 Å². The zero-order valence-corrected chi connectivity index (χ0v) is 15.8. The SMILES string of the molecule is O=C(CCN1CC1)OCC(COC(=O)CCN1CC1)OC(=O)CCN1CC1. The number of hydrogen-bond donors (Lipinski definition) is 0. The van der Waals surface area contributed by atoms with E-state index in [-0.39, 0.29) is 37.5 Å². The van der Waals surface area contributed by atoms with Crippen LogP contribution in [0.5, 0.6) is 0 Å². The van der Waals surface area contributed by atoms with Gasteiger partial charge in [-0.3, -0.25) is 14.4 Å². The van der Waals surface area contributed by atoms with E-state index < -0.39 is 6.10 Å². The molecule has 0 saturated carbocycles. The highest BCUT2D eigenvalue weighted by atomic mass is 16.6. The van der Waals surface area contributed by atoms with Crippen molar-refractivity contribution in [1.29, 1.82) is 0 Å². The average molecular weight is 383 g/mol. The summed E-state index contributed by atoms with van der Waals surface area (Å²) < 4.78 is 15.8. The molecular weight excluding hydrogens is 354 g/mol. The highest BCUT2D eigenvalue weighted by Crippen LogP contribution is 2.08. The summed E-state index contributed by atoms with van der Waals surface area (Å²) in [5.74, 6) is -1.04. The summed E-state index contributed by atoms with van der Waals surface area (Å²) in [6.07, 6.45) is 0.140. The number of nitrogens with zero attached hydrogens (tertiary/aromatic N) is 3. The largest absolute Gasteiger partial charge is 0.462 e. The van der Waals surface area contributed by atoms with E-state index in [0.717, 1.165) is 39.3 Å². The molecule has 3 heterocycles. The smallest absolute Gasteiger partial charge is 0.307 e. The standard InChI is InChI=1S/C18H29N3O6/c22-16(1-4-19-7-8-19)25-13-15(27-18(24)3-6-21-11-12-21)14-26-17(23)2-5-20-9-10-20/h15H,1-14H2. The van der Waals surface area contributed by atoms with Gasteiger partial charge in [-0.05, 0) is 0 Å². The molecule has 0 unspecified atom stereocenters. The summed E-state index contributed by atoms with van der Waals surface area (Å²) in [7, 11) is 0. The second kappa shape index (κ2) is 10.0. The maximum atomic E-state index is 12.0. The molecule has 3 fully saturated rings. The fourth-order valence-corrected chi connectivity index (χ4v) is 2.51. The average Bonchev–Trinajstić information content (AvgIpc) is 3.49. The van der Waals surface area contributed by atoms with Crippen LogP contribution in [0.3, 0.4) is 0 Å².